The Hall–Kier alpha value is -3.01. The Morgan fingerprint density at radius 2 is 1.61 bits per heavy atom. The molecule has 0 saturated carbocycles. The number of ketones is 1. The molecule has 1 amide bonds. The number of hydrogen-bond donors (Lipinski definition) is 3. The molecule has 0 spiro atoms. The smallest absolute Gasteiger partial charge is 0.263 e. The van der Waals surface area contributed by atoms with Crippen molar-refractivity contribution in [3.05, 3.63) is 82.6 Å². The normalized spacial score (nSPS) is 12.2. The maximum Gasteiger partial charge on any atom is 0.263 e. The number of sulfonamides is 1. The summed E-state index contributed by atoms with van der Waals surface area (Å²) >= 11 is 1.26. The van der Waals surface area contributed by atoms with Crippen molar-refractivity contribution in [2.45, 2.75) is 11.1 Å². The molecule has 0 aliphatic rings. The van der Waals surface area contributed by atoms with Gasteiger partial charge in [0, 0.05) is 11.3 Å². The number of primary sulfonamides is 1. The van der Waals surface area contributed by atoms with Gasteiger partial charge in [-0.05, 0) is 35.7 Å². The Morgan fingerprint density at radius 1 is 0.929 bits per heavy atom. The molecule has 4 N–H and O–H groups in total. The number of rotatable bonds is 7. The van der Waals surface area contributed by atoms with E-state index < -0.39 is 22.1 Å². The van der Waals surface area contributed by atoms with Crippen molar-refractivity contribution >= 4 is 38.7 Å². The van der Waals surface area contributed by atoms with Crippen LogP contribution in [0.5, 0.6) is 0 Å². The van der Waals surface area contributed by atoms with Gasteiger partial charge in [-0.15, -0.1) is 11.3 Å². The van der Waals surface area contributed by atoms with Crippen LogP contribution in [0.1, 0.15) is 20.0 Å². The lowest BCUT2D eigenvalue weighted by Crippen LogP contribution is -2.46. The SMILES string of the molecule is NS(=O)(=O)c1ccc(N[C@H](NC(=O)c2cccs2)C(=O)c2ccccc2)cc1. The van der Waals surface area contributed by atoms with Gasteiger partial charge in [-0.3, -0.25) is 9.59 Å². The molecule has 1 aromatic heterocycles. The first-order chi connectivity index (χ1) is 13.3. The molecule has 0 saturated heterocycles. The average Bonchev–Trinajstić information content (AvgIpc) is 3.22. The largest absolute Gasteiger partial charge is 0.359 e. The molecule has 0 aliphatic carbocycles. The Kier molecular flexibility index (Phi) is 5.88. The predicted molar refractivity (Wildman–Crippen MR) is 108 cm³/mol. The summed E-state index contributed by atoms with van der Waals surface area (Å²) in [5.41, 5.74) is 0.876. The van der Waals surface area contributed by atoms with Crippen LogP contribution in [-0.2, 0) is 10.0 Å². The maximum absolute atomic E-state index is 12.9. The van der Waals surface area contributed by atoms with E-state index in [0.29, 0.717) is 16.1 Å². The Bertz CT molecular complexity index is 1060. The summed E-state index contributed by atoms with van der Waals surface area (Å²) in [6.45, 7) is 0. The number of hydrogen-bond acceptors (Lipinski definition) is 6. The minimum absolute atomic E-state index is 0.0494. The van der Waals surface area contributed by atoms with E-state index in [9.17, 15) is 18.0 Å². The van der Waals surface area contributed by atoms with Crippen molar-refractivity contribution in [1.82, 2.24) is 5.32 Å². The third kappa shape index (κ3) is 4.83. The summed E-state index contributed by atoms with van der Waals surface area (Å²) < 4.78 is 22.8. The van der Waals surface area contributed by atoms with Gasteiger partial charge in [0.05, 0.1) is 9.77 Å². The number of thiophene rings is 1. The van der Waals surface area contributed by atoms with Gasteiger partial charge in [0.2, 0.25) is 15.8 Å². The van der Waals surface area contributed by atoms with Crippen LogP contribution >= 0.6 is 11.3 Å². The zero-order valence-corrected chi connectivity index (χ0v) is 16.2. The monoisotopic (exact) mass is 415 g/mol. The van der Waals surface area contributed by atoms with Gasteiger partial charge in [-0.1, -0.05) is 36.4 Å². The van der Waals surface area contributed by atoms with E-state index in [2.05, 4.69) is 10.6 Å². The summed E-state index contributed by atoms with van der Waals surface area (Å²) in [6.07, 6.45) is -1.04. The first kappa shape index (κ1) is 19.7. The molecule has 0 aliphatic heterocycles. The molecule has 2 aromatic carbocycles. The van der Waals surface area contributed by atoms with Crippen LogP contribution in [0.3, 0.4) is 0 Å². The summed E-state index contributed by atoms with van der Waals surface area (Å²) in [7, 11) is -3.82. The van der Waals surface area contributed by atoms with Crippen LogP contribution in [0, 0.1) is 0 Å². The number of benzene rings is 2. The van der Waals surface area contributed by atoms with Crippen molar-refractivity contribution in [1.29, 1.82) is 0 Å². The van der Waals surface area contributed by atoms with Gasteiger partial charge < -0.3 is 10.6 Å². The lowest BCUT2D eigenvalue weighted by atomic mass is 10.1. The van der Waals surface area contributed by atoms with Gasteiger partial charge in [0.1, 0.15) is 0 Å². The second-order valence-electron chi connectivity index (χ2n) is 5.83. The number of anilines is 1. The Balaban J connectivity index is 1.85. The van der Waals surface area contributed by atoms with Crippen molar-refractivity contribution in [3.63, 3.8) is 0 Å². The quantitative estimate of drug-likeness (QED) is 0.405. The van der Waals surface area contributed by atoms with Gasteiger partial charge in [-0.2, -0.15) is 0 Å². The number of carbonyl (C=O) groups is 2. The fourth-order valence-electron chi connectivity index (χ4n) is 2.45. The van der Waals surface area contributed by atoms with E-state index in [-0.39, 0.29) is 10.7 Å². The van der Waals surface area contributed by atoms with Gasteiger partial charge in [0.15, 0.2) is 6.17 Å². The molecule has 0 radical (unpaired) electrons. The van der Waals surface area contributed by atoms with Crippen molar-refractivity contribution < 1.29 is 18.0 Å². The molecular formula is C19H17N3O4S2. The first-order valence-corrected chi connectivity index (χ1v) is 10.6. The molecule has 1 heterocycles. The van der Waals surface area contributed by atoms with E-state index in [1.54, 1.807) is 47.8 Å². The van der Waals surface area contributed by atoms with Crippen LogP contribution in [0.15, 0.2) is 77.0 Å². The van der Waals surface area contributed by atoms with E-state index >= 15 is 0 Å². The number of amides is 1. The van der Waals surface area contributed by atoms with Crippen LogP contribution in [0.2, 0.25) is 0 Å². The van der Waals surface area contributed by atoms with Crippen molar-refractivity contribution in [3.8, 4) is 0 Å². The summed E-state index contributed by atoms with van der Waals surface area (Å²) in [5.74, 6) is -0.723. The van der Waals surface area contributed by atoms with Crippen LogP contribution < -0.4 is 15.8 Å². The fourth-order valence-corrected chi connectivity index (χ4v) is 3.60. The zero-order valence-electron chi connectivity index (χ0n) is 14.5. The van der Waals surface area contributed by atoms with Gasteiger partial charge >= 0.3 is 0 Å². The number of carbonyl (C=O) groups excluding carboxylic acids is 2. The molecule has 3 rings (SSSR count). The minimum atomic E-state index is -3.82. The van der Waals surface area contributed by atoms with Gasteiger partial charge in [0.25, 0.3) is 5.91 Å². The topological polar surface area (TPSA) is 118 Å². The highest BCUT2D eigenvalue weighted by molar-refractivity contribution is 7.89. The summed E-state index contributed by atoms with van der Waals surface area (Å²) in [5, 5.41) is 12.5. The predicted octanol–water partition coefficient (Wildman–Crippen LogP) is 2.45. The molecule has 9 heteroatoms. The fraction of sp³-hybridized carbons (Fsp3) is 0.0526. The number of nitrogens with one attached hydrogen (secondary N) is 2. The summed E-state index contributed by atoms with van der Waals surface area (Å²) in [4.78, 5) is 25.8. The molecular weight excluding hydrogens is 398 g/mol. The van der Waals surface area contributed by atoms with Crippen molar-refractivity contribution in [2.24, 2.45) is 5.14 Å². The molecule has 0 bridgehead atoms. The second-order valence-corrected chi connectivity index (χ2v) is 8.34. The lowest BCUT2D eigenvalue weighted by Gasteiger charge is -2.20. The van der Waals surface area contributed by atoms with E-state index in [1.165, 1.54) is 35.6 Å². The van der Waals surface area contributed by atoms with Crippen LogP contribution in [0.25, 0.3) is 0 Å². The summed E-state index contributed by atoms with van der Waals surface area (Å²) in [6, 6.07) is 17.5. The van der Waals surface area contributed by atoms with Gasteiger partial charge in [-0.25, -0.2) is 13.6 Å². The van der Waals surface area contributed by atoms with E-state index in [1.807, 2.05) is 0 Å². The molecule has 144 valence electrons. The highest BCUT2D eigenvalue weighted by Gasteiger charge is 2.23. The Labute approximate surface area is 166 Å². The van der Waals surface area contributed by atoms with E-state index in [4.69, 9.17) is 5.14 Å². The molecule has 0 unspecified atom stereocenters. The highest BCUT2D eigenvalue weighted by Crippen LogP contribution is 2.16. The van der Waals surface area contributed by atoms with Crippen LogP contribution in [0.4, 0.5) is 5.69 Å². The number of nitrogens with two attached hydrogens (primary N) is 1. The standard InChI is InChI=1S/C19H17N3O4S2/c20-28(25,26)15-10-8-14(9-11-15)21-18(17(23)13-5-2-1-3-6-13)22-19(24)16-7-4-12-27-16/h1-12,18,21H,(H,22,24)(H2,20,25,26)/t18-/m1/s1. The van der Waals surface area contributed by atoms with Crippen LogP contribution in [-0.4, -0.2) is 26.3 Å². The molecule has 1 atom stereocenters. The maximum atomic E-state index is 12.9. The van der Waals surface area contributed by atoms with E-state index in [0.717, 1.165) is 0 Å². The average molecular weight is 415 g/mol. The number of Topliss-reactive ketones (excluding diaryl/α,β-unsaturated/α-hetero) is 1. The van der Waals surface area contributed by atoms with Crippen molar-refractivity contribution in [2.75, 3.05) is 5.32 Å². The first-order valence-electron chi connectivity index (χ1n) is 8.17. The minimum Gasteiger partial charge on any atom is -0.359 e. The molecule has 7 nitrogen and oxygen atoms in total. The lowest BCUT2D eigenvalue weighted by molar-refractivity contribution is 0.0872. The zero-order chi connectivity index (χ0) is 20.1. The Morgan fingerprint density at radius 3 is 2.18 bits per heavy atom. The highest BCUT2D eigenvalue weighted by atomic mass is 32.2. The molecule has 3 aromatic rings. The molecule has 28 heavy (non-hydrogen) atoms. The third-order valence-electron chi connectivity index (χ3n) is 3.83. The molecule has 0 fully saturated rings. The third-order valence-corrected chi connectivity index (χ3v) is 5.63. The second kappa shape index (κ2) is 8.34.